The highest BCUT2D eigenvalue weighted by molar-refractivity contribution is 5.85. The van der Waals surface area contributed by atoms with Crippen molar-refractivity contribution in [3.05, 3.63) is 30.3 Å². The fourth-order valence-corrected chi connectivity index (χ4v) is 3.70. The molecule has 2 atom stereocenters. The lowest BCUT2D eigenvalue weighted by molar-refractivity contribution is -0.136. The van der Waals surface area contributed by atoms with Gasteiger partial charge in [-0.15, -0.1) is 24.8 Å². The van der Waals surface area contributed by atoms with Crippen molar-refractivity contribution in [2.75, 3.05) is 52.5 Å². The van der Waals surface area contributed by atoms with Crippen LogP contribution >= 0.6 is 24.8 Å². The van der Waals surface area contributed by atoms with Gasteiger partial charge in [-0.2, -0.15) is 0 Å². The molecule has 0 radical (unpaired) electrons. The number of β-amino-alcohol motifs (C(OH)–C–C–N with tert-alkyl or cyclic N) is 1. The van der Waals surface area contributed by atoms with Gasteiger partial charge in [-0.1, -0.05) is 18.2 Å². The summed E-state index contributed by atoms with van der Waals surface area (Å²) < 4.78 is 11.0. The minimum absolute atomic E-state index is 0. The van der Waals surface area contributed by atoms with E-state index in [1.807, 2.05) is 35.2 Å². The number of aliphatic hydroxyl groups is 1. The van der Waals surface area contributed by atoms with Crippen LogP contribution in [0.2, 0.25) is 0 Å². The molecule has 2 aliphatic heterocycles. The lowest BCUT2D eigenvalue weighted by atomic mass is 9.91. The highest BCUT2D eigenvalue weighted by Crippen LogP contribution is 2.19. The van der Waals surface area contributed by atoms with E-state index in [9.17, 15) is 9.90 Å². The standard InChI is InChI=1S/C20H31N3O4.2ClH/c21-19(16-6-12-26-13-7-16)20(25)23-10-8-22(9-11-23)14-17(24)15-27-18-4-2-1-3-5-18;;/h1-5,16-17,19,24H,6-15,21H2;2*1H. The van der Waals surface area contributed by atoms with Gasteiger partial charge in [0.2, 0.25) is 5.91 Å². The van der Waals surface area contributed by atoms with E-state index in [-0.39, 0.29) is 43.2 Å². The van der Waals surface area contributed by atoms with E-state index >= 15 is 0 Å². The first-order chi connectivity index (χ1) is 13.1. The number of nitrogens with two attached hydrogens (primary N) is 1. The summed E-state index contributed by atoms with van der Waals surface area (Å²) in [5.41, 5.74) is 6.22. The van der Waals surface area contributed by atoms with Crippen molar-refractivity contribution in [3.63, 3.8) is 0 Å². The number of carbonyl (C=O) groups excluding carboxylic acids is 1. The maximum atomic E-state index is 12.7. The number of halogens is 2. The Bertz CT molecular complexity index is 582. The van der Waals surface area contributed by atoms with E-state index in [0.29, 0.717) is 32.8 Å². The SMILES string of the molecule is Cl.Cl.NC(C(=O)N1CCN(CC(O)COc2ccccc2)CC1)C1CCOCC1. The third-order valence-electron chi connectivity index (χ3n) is 5.40. The third kappa shape index (κ3) is 7.92. The summed E-state index contributed by atoms with van der Waals surface area (Å²) in [6.45, 7) is 5.00. The van der Waals surface area contributed by atoms with Crippen molar-refractivity contribution in [2.45, 2.75) is 25.0 Å². The topological polar surface area (TPSA) is 88.3 Å². The molecular formula is C20H33Cl2N3O4. The van der Waals surface area contributed by atoms with Crippen LogP contribution in [0.3, 0.4) is 0 Å². The molecule has 2 saturated heterocycles. The van der Waals surface area contributed by atoms with E-state index < -0.39 is 12.1 Å². The van der Waals surface area contributed by atoms with Gasteiger partial charge in [0.1, 0.15) is 18.5 Å². The molecule has 1 amide bonds. The number of amides is 1. The van der Waals surface area contributed by atoms with Crippen LogP contribution in [0.1, 0.15) is 12.8 Å². The highest BCUT2D eigenvalue weighted by Gasteiger charge is 2.31. The quantitative estimate of drug-likeness (QED) is 0.649. The van der Waals surface area contributed by atoms with Crippen LogP contribution in [0.25, 0.3) is 0 Å². The fraction of sp³-hybridized carbons (Fsp3) is 0.650. The second-order valence-electron chi connectivity index (χ2n) is 7.38. The summed E-state index contributed by atoms with van der Waals surface area (Å²) in [5, 5.41) is 10.2. The van der Waals surface area contributed by atoms with E-state index in [4.69, 9.17) is 15.2 Å². The van der Waals surface area contributed by atoms with Crippen molar-refractivity contribution in [3.8, 4) is 5.75 Å². The number of piperazine rings is 1. The summed E-state index contributed by atoms with van der Waals surface area (Å²) in [6.07, 6.45) is 1.16. The van der Waals surface area contributed by atoms with E-state index in [1.165, 1.54) is 0 Å². The normalized spacial score (nSPS) is 20.1. The zero-order valence-corrected chi connectivity index (χ0v) is 18.3. The number of para-hydroxylation sites is 1. The van der Waals surface area contributed by atoms with Crippen molar-refractivity contribution in [1.82, 2.24) is 9.80 Å². The number of benzene rings is 1. The Hall–Kier alpha value is -1.09. The second-order valence-corrected chi connectivity index (χ2v) is 7.38. The molecule has 0 spiro atoms. The van der Waals surface area contributed by atoms with Gasteiger partial charge in [0.25, 0.3) is 0 Å². The average molecular weight is 450 g/mol. The first-order valence-corrected chi connectivity index (χ1v) is 9.84. The van der Waals surface area contributed by atoms with Gasteiger partial charge < -0.3 is 25.2 Å². The molecular weight excluding hydrogens is 417 g/mol. The third-order valence-corrected chi connectivity index (χ3v) is 5.40. The molecule has 3 N–H and O–H groups in total. The van der Waals surface area contributed by atoms with Gasteiger partial charge in [0, 0.05) is 45.9 Å². The van der Waals surface area contributed by atoms with Crippen LogP contribution in [-0.2, 0) is 9.53 Å². The number of hydrogen-bond acceptors (Lipinski definition) is 6. The maximum absolute atomic E-state index is 12.7. The summed E-state index contributed by atoms with van der Waals surface area (Å²) in [4.78, 5) is 16.7. The summed E-state index contributed by atoms with van der Waals surface area (Å²) in [7, 11) is 0. The zero-order valence-electron chi connectivity index (χ0n) is 16.7. The molecule has 2 fully saturated rings. The first kappa shape index (κ1) is 25.9. The van der Waals surface area contributed by atoms with Crippen molar-refractivity contribution in [1.29, 1.82) is 0 Å². The molecule has 2 aliphatic rings. The molecule has 9 heteroatoms. The molecule has 2 heterocycles. The number of ether oxygens (including phenoxy) is 2. The van der Waals surface area contributed by atoms with Gasteiger partial charge in [0.05, 0.1) is 6.04 Å². The predicted molar refractivity (Wildman–Crippen MR) is 117 cm³/mol. The molecule has 0 bridgehead atoms. The number of aliphatic hydroxyl groups excluding tert-OH is 1. The predicted octanol–water partition coefficient (Wildman–Crippen LogP) is 1.17. The van der Waals surface area contributed by atoms with Crippen molar-refractivity contribution >= 4 is 30.7 Å². The molecule has 2 unspecified atom stereocenters. The Kier molecular flexibility index (Phi) is 11.9. The van der Waals surface area contributed by atoms with Gasteiger partial charge >= 0.3 is 0 Å². The lowest BCUT2D eigenvalue weighted by Gasteiger charge is -2.38. The fourth-order valence-electron chi connectivity index (χ4n) is 3.70. The lowest BCUT2D eigenvalue weighted by Crippen LogP contribution is -2.56. The molecule has 7 nitrogen and oxygen atoms in total. The molecule has 1 aromatic rings. The number of hydrogen-bond donors (Lipinski definition) is 2. The Morgan fingerprint density at radius 1 is 1.14 bits per heavy atom. The second kappa shape index (κ2) is 13.3. The van der Waals surface area contributed by atoms with E-state index in [1.54, 1.807) is 0 Å². The number of rotatable bonds is 7. The zero-order chi connectivity index (χ0) is 19.1. The molecule has 3 rings (SSSR count). The average Bonchev–Trinajstić information content (AvgIpc) is 2.73. The minimum atomic E-state index is -0.558. The van der Waals surface area contributed by atoms with E-state index in [0.717, 1.165) is 31.7 Å². The summed E-state index contributed by atoms with van der Waals surface area (Å²) in [6, 6.07) is 9.06. The number of carbonyl (C=O) groups is 1. The van der Waals surface area contributed by atoms with Crippen LogP contribution in [0.5, 0.6) is 5.75 Å². The van der Waals surface area contributed by atoms with Crippen molar-refractivity contribution < 1.29 is 19.4 Å². The van der Waals surface area contributed by atoms with Gasteiger partial charge in [-0.05, 0) is 30.9 Å². The minimum Gasteiger partial charge on any atom is -0.491 e. The Labute approximate surface area is 185 Å². The monoisotopic (exact) mass is 449 g/mol. The van der Waals surface area contributed by atoms with Crippen LogP contribution < -0.4 is 10.5 Å². The molecule has 166 valence electrons. The molecule has 29 heavy (non-hydrogen) atoms. The van der Waals surface area contributed by atoms with Crippen LogP contribution in [-0.4, -0.2) is 85.5 Å². The van der Waals surface area contributed by atoms with E-state index in [2.05, 4.69) is 4.90 Å². The number of nitrogens with zero attached hydrogens (tertiary/aromatic N) is 2. The van der Waals surface area contributed by atoms with Gasteiger partial charge in [-0.3, -0.25) is 9.69 Å². The smallest absolute Gasteiger partial charge is 0.239 e. The molecule has 0 aliphatic carbocycles. The maximum Gasteiger partial charge on any atom is 0.239 e. The Morgan fingerprint density at radius 3 is 2.38 bits per heavy atom. The van der Waals surface area contributed by atoms with Crippen LogP contribution in [0.4, 0.5) is 0 Å². The van der Waals surface area contributed by atoms with Gasteiger partial charge in [0.15, 0.2) is 0 Å². The van der Waals surface area contributed by atoms with Crippen LogP contribution in [0, 0.1) is 5.92 Å². The highest BCUT2D eigenvalue weighted by atomic mass is 35.5. The van der Waals surface area contributed by atoms with Crippen molar-refractivity contribution in [2.24, 2.45) is 11.7 Å². The Balaban J connectivity index is 0.00000210. The van der Waals surface area contributed by atoms with Crippen LogP contribution in [0.15, 0.2) is 30.3 Å². The molecule has 0 saturated carbocycles. The summed E-state index contributed by atoms with van der Waals surface area (Å²) >= 11 is 0. The molecule has 1 aromatic carbocycles. The largest absolute Gasteiger partial charge is 0.491 e. The molecule has 0 aromatic heterocycles. The first-order valence-electron chi connectivity index (χ1n) is 9.84. The van der Waals surface area contributed by atoms with Gasteiger partial charge in [-0.25, -0.2) is 0 Å². The Morgan fingerprint density at radius 2 is 1.76 bits per heavy atom. The summed E-state index contributed by atoms with van der Waals surface area (Å²) in [5.74, 6) is 1.03.